The van der Waals surface area contributed by atoms with Gasteiger partial charge in [-0.1, -0.05) is 38.1 Å². The minimum atomic E-state index is -0.368. The molecule has 0 saturated carbocycles. The van der Waals surface area contributed by atoms with Crippen molar-refractivity contribution in [1.29, 1.82) is 0 Å². The van der Waals surface area contributed by atoms with Crippen LogP contribution in [0.15, 0.2) is 53.9 Å². The van der Waals surface area contributed by atoms with Gasteiger partial charge < -0.3 is 14.8 Å². The van der Waals surface area contributed by atoms with E-state index in [0.29, 0.717) is 35.4 Å². The highest BCUT2D eigenvalue weighted by Crippen LogP contribution is 2.32. The van der Waals surface area contributed by atoms with Crippen molar-refractivity contribution < 1.29 is 19.1 Å². The van der Waals surface area contributed by atoms with Gasteiger partial charge in [-0.3, -0.25) is 4.79 Å². The number of esters is 1. The molecule has 7 heteroatoms. The summed E-state index contributed by atoms with van der Waals surface area (Å²) < 4.78 is 10.7. The normalized spacial score (nSPS) is 10.7. The number of hydrogen-bond acceptors (Lipinski definition) is 6. The predicted octanol–water partition coefficient (Wildman–Crippen LogP) is 5.16. The molecule has 1 amide bonds. The second-order valence-corrected chi connectivity index (χ2v) is 8.02. The lowest BCUT2D eigenvalue weighted by Gasteiger charge is -2.10. The molecule has 0 aliphatic carbocycles. The summed E-state index contributed by atoms with van der Waals surface area (Å²) in [4.78, 5) is 28.1. The smallest absolute Gasteiger partial charge is 0.337 e. The predicted molar refractivity (Wildman–Crippen MR) is 118 cm³/mol. The first-order chi connectivity index (χ1) is 14.5. The molecular formula is C23H24N2O4S. The van der Waals surface area contributed by atoms with Gasteiger partial charge in [0.25, 0.3) is 0 Å². The minimum absolute atomic E-state index is 0.0363. The molecule has 0 saturated heterocycles. The lowest BCUT2D eigenvalue weighted by Crippen LogP contribution is -2.13. The highest BCUT2D eigenvalue weighted by molar-refractivity contribution is 7.14. The summed E-state index contributed by atoms with van der Waals surface area (Å²) in [6.07, 6.45) is 0.462. The fourth-order valence-corrected chi connectivity index (χ4v) is 3.54. The molecule has 2 aromatic carbocycles. The Morgan fingerprint density at radius 3 is 2.53 bits per heavy atom. The zero-order valence-corrected chi connectivity index (χ0v) is 18.0. The molecule has 6 nitrogen and oxygen atoms in total. The van der Waals surface area contributed by atoms with Crippen LogP contribution < -0.4 is 10.1 Å². The average Bonchev–Trinajstić information content (AvgIpc) is 3.19. The van der Waals surface area contributed by atoms with E-state index in [2.05, 4.69) is 10.3 Å². The van der Waals surface area contributed by atoms with Crippen LogP contribution in [0.2, 0.25) is 0 Å². The Hall–Kier alpha value is -3.19. The number of rotatable bonds is 8. The molecule has 1 aromatic heterocycles. The zero-order chi connectivity index (χ0) is 21.5. The van der Waals surface area contributed by atoms with Gasteiger partial charge in [0.05, 0.1) is 18.4 Å². The van der Waals surface area contributed by atoms with Gasteiger partial charge >= 0.3 is 5.97 Å². The third kappa shape index (κ3) is 5.67. The van der Waals surface area contributed by atoms with Gasteiger partial charge in [-0.15, -0.1) is 11.3 Å². The number of hydrogen-bond donors (Lipinski definition) is 1. The van der Waals surface area contributed by atoms with Gasteiger partial charge in [0.2, 0.25) is 5.91 Å². The fraction of sp³-hybridized carbons (Fsp3) is 0.261. The van der Waals surface area contributed by atoms with Crippen LogP contribution in [0.3, 0.4) is 0 Å². The van der Waals surface area contributed by atoms with Crippen molar-refractivity contribution in [2.24, 2.45) is 5.92 Å². The molecule has 156 valence electrons. The van der Waals surface area contributed by atoms with Crippen molar-refractivity contribution >= 4 is 28.3 Å². The molecule has 0 spiro atoms. The molecule has 3 aromatic rings. The van der Waals surface area contributed by atoms with Gasteiger partial charge in [-0.2, -0.15) is 0 Å². The molecule has 1 heterocycles. The number of carbonyl (C=O) groups is 2. The zero-order valence-electron chi connectivity index (χ0n) is 17.2. The van der Waals surface area contributed by atoms with Crippen molar-refractivity contribution in [1.82, 2.24) is 4.98 Å². The molecule has 0 atom stereocenters. The van der Waals surface area contributed by atoms with Crippen molar-refractivity contribution in [2.75, 3.05) is 12.4 Å². The number of nitrogens with zero attached hydrogens (tertiary/aromatic N) is 1. The summed E-state index contributed by atoms with van der Waals surface area (Å²) in [5.41, 5.74) is 3.02. The van der Waals surface area contributed by atoms with E-state index in [9.17, 15) is 9.59 Å². The monoisotopic (exact) mass is 424 g/mol. The van der Waals surface area contributed by atoms with Crippen molar-refractivity contribution in [3.63, 3.8) is 0 Å². The summed E-state index contributed by atoms with van der Waals surface area (Å²) in [7, 11) is 1.36. The number of amides is 1. The molecular weight excluding hydrogens is 400 g/mol. The lowest BCUT2D eigenvalue weighted by atomic mass is 10.1. The summed E-state index contributed by atoms with van der Waals surface area (Å²) >= 11 is 1.39. The number of aromatic nitrogens is 1. The van der Waals surface area contributed by atoms with Crippen molar-refractivity contribution in [2.45, 2.75) is 26.9 Å². The van der Waals surface area contributed by atoms with Crippen LogP contribution >= 0.6 is 11.3 Å². The van der Waals surface area contributed by atoms with Gasteiger partial charge in [-0.05, 0) is 35.7 Å². The van der Waals surface area contributed by atoms with E-state index in [1.807, 2.05) is 55.6 Å². The van der Waals surface area contributed by atoms with Gasteiger partial charge in [0.1, 0.15) is 12.4 Å². The maximum absolute atomic E-state index is 12.0. The highest BCUT2D eigenvalue weighted by Gasteiger charge is 2.13. The molecule has 1 N–H and O–H groups in total. The number of para-hydroxylation sites is 1. The van der Waals surface area contributed by atoms with Crippen LogP contribution in [0.5, 0.6) is 5.75 Å². The first-order valence-corrected chi connectivity index (χ1v) is 10.5. The summed E-state index contributed by atoms with van der Waals surface area (Å²) in [5.74, 6) is 0.582. The van der Waals surface area contributed by atoms with E-state index >= 15 is 0 Å². The van der Waals surface area contributed by atoms with E-state index in [1.54, 1.807) is 12.1 Å². The number of benzene rings is 2. The maximum atomic E-state index is 12.0. The first-order valence-electron chi connectivity index (χ1n) is 9.61. The molecule has 30 heavy (non-hydrogen) atoms. The molecule has 3 rings (SSSR count). The Balaban J connectivity index is 1.69. The average molecular weight is 425 g/mol. The van der Waals surface area contributed by atoms with Crippen LogP contribution in [-0.4, -0.2) is 24.0 Å². The Morgan fingerprint density at radius 1 is 1.10 bits per heavy atom. The Kier molecular flexibility index (Phi) is 7.19. The minimum Gasteiger partial charge on any atom is -0.488 e. The van der Waals surface area contributed by atoms with E-state index in [0.717, 1.165) is 16.8 Å². The van der Waals surface area contributed by atoms with Crippen molar-refractivity contribution in [3.05, 3.63) is 65.0 Å². The quantitative estimate of drug-likeness (QED) is 0.505. The van der Waals surface area contributed by atoms with Gasteiger partial charge in [0.15, 0.2) is 5.13 Å². The molecule has 0 aliphatic rings. The number of ether oxygens (including phenoxy) is 2. The largest absolute Gasteiger partial charge is 0.488 e. The first kappa shape index (κ1) is 21.5. The Bertz CT molecular complexity index is 1010. The topological polar surface area (TPSA) is 77.5 Å². The Labute approximate surface area is 179 Å². The summed E-state index contributed by atoms with van der Waals surface area (Å²) in [6.45, 7) is 4.35. The summed E-state index contributed by atoms with van der Waals surface area (Å²) in [5, 5.41) is 5.32. The number of anilines is 1. The van der Waals surface area contributed by atoms with Crippen LogP contribution in [0.4, 0.5) is 5.13 Å². The highest BCUT2D eigenvalue weighted by atomic mass is 32.1. The van der Waals surface area contributed by atoms with Gasteiger partial charge in [0, 0.05) is 17.4 Å². The van der Waals surface area contributed by atoms with Crippen LogP contribution in [0.25, 0.3) is 11.3 Å². The molecule has 0 fully saturated rings. The number of carbonyl (C=O) groups excluding carboxylic acids is 2. The maximum Gasteiger partial charge on any atom is 0.337 e. The number of methoxy groups -OCH3 is 1. The van der Waals surface area contributed by atoms with E-state index < -0.39 is 0 Å². The second-order valence-electron chi connectivity index (χ2n) is 7.16. The third-order valence-electron chi connectivity index (χ3n) is 4.28. The molecule has 0 bridgehead atoms. The molecule has 0 unspecified atom stereocenters. The fourth-order valence-electron chi connectivity index (χ4n) is 2.82. The third-order valence-corrected chi connectivity index (χ3v) is 5.03. The SMILES string of the molecule is COC(=O)c1ccc(COc2ccccc2-c2csc(NC(=O)CC(C)C)n2)cc1. The number of nitrogens with one attached hydrogen (secondary N) is 1. The Morgan fingerprint density at radius 2 is 1.83 bits per heavy atom. The van der Waals surface area contributed by atoms with E-state index in [4.69, 9.17) is 9.47 Å². The van der Waals surface area contributed by atoms with Crippen LogP contribution in [-0.2, 0) is 16.1 Å². The van der Waals surface area contributed by atoms with E-state index in [-0.39, 0.29) is 11.9 Å². The lowest BCUT2D eigenvalue weighted by molar-refractivity contribution is -0.116. The summed E-state index contributed by atoms with van der Waals surface area (Å²) in [6, 6.07) is 14.7. The second kappa shape index (κ2) is 10.0. The van der Waals surface area contributed by atoms with E-state index in [1.165, 1.54) is 18.4 Å². The van der Waals surface area contributed by atoms with Crippen LogP contribution in [0.1, 0.15) is 36.2 Å². The standard InChI is InChI=1S/C23H24N2O4S/c1-15(2)12-21(26)25-23-24-19(14-30-23)18-6-4-5-7-20(18)29-13-16-8-10-17(11-9-16)22(27)28-3/h4-11,14-15H,12-13H2,1-3H3,(H,24,25,26). The molecule has 0 radical (unpaired) electrons. The van der Waals surface area contributed by atoms with Crippen LogP contribution in [0, 0.1) is 5.92 Å². The number of thiazole rings is 1. The van der Waals surface area contributed by atoms with Crippen molar-refractivity contribution in [3.8, 4) is 17.0 Å². The van der Waals surface area contributed by atoms with Gasteiger partial charge in [-0.25, -0.2) is 9.78 Å². The molecule has 0 aliphatic heterocycles.